The van der Waals surface area contributed by atoms with Crippen LogP contribution in [0.2, 0.25) is 0 Å². The van der Waals surface area contributed by atoms with E-state index in [-0.39, 0.29) is 0 Å². The molecule has 2 unspecified atom stereocenters. The molecule has 0 spiro atoms. The SMILES string of the molecule is CC(OC1NC(=O)[C@H]1NC(=O)OC(C)(C)C)C(=O)O. The molecule has 1 rings (SSSR count). The van der Waals surface area contributed by atoms with Crippen LogP contribution in [0.25, 0.3) is 0 Å². The van der Waals surface area contributed by atoms with Crippen molar-refractivity contribution in [3.63, 3.8) is 0 Å². The third-order valence-electron chi connectivity index (χ3n) is 2.24. The van der Waals surface area contributed by atoms with Gasteiger partial charge < -0.3 is 25.2 Å². The minimum atomic E-state index is -1.16. The molecule has 0 aromatic carbocycles. The van der Waals surface area contributed by atoms with Crippen LogP contribution in [0.4, 0.5) is 4.79 Å². The zero-order chi connectivity index (χ0) is 14.8. The third kappa shape index (κ3) is 4.40. The summed E-state index contributed by atoms with van der Waals surface area (Å²) in [5.74, 6) is -1.61. The van der Waals surface area contributed by atoms with Gasteiger partial charge in [0.15, 0.2) is 18.4 Å². The van der Waals surface area contributed by atoms with Crippen LogP contribution in [-0.2, 0) is 19.1 Å². The van der Waals surface area contributed by atoms with Crippen molar-refractivity contribution in [3.05, 3.63) is 0 Å². The summed E-state index contributed by atoms with van der Waals surface area (Å²) in [5, 5.41) is 13.4. The second-order valence-electron chi connectivity index (χ2n) is 5.17. The number of β-lactam (4-membered cyclic amide) rings is 1. The van der Waals surface area contributed by atoms with Crippen molar-refractivity contribution in [1.82, 2.24) is 10.6 Å². The van der Waals surface area contributed by atoms with Crippen molar-refractivity contribution in [1.29, 1.82) is 0 Å². The number of carboxylic acids is 1. The highest BCUT2D eigenvalue weighted by Gasteiger charge is 2.43. The molecule has 0 aromatic heterocycles. The lowest BCUT2D eigenvalue weighted by Gasteiger charge is -2.37. The van der Waals surface area contributed by atoms with Gasteiger partial charge in [0.05, 0.1) is 0 Å². The highest BCUT2D eigenvalue weighted by molar-refractivity contribution is 5.91. The van der Waals surface area contributed by atoms with Gasteiger partial charge in [0.2, 0.25) is 5.91 Å². The molecule has 8 heteroatoms. The molecule has 108 valence electrons. The number of ether oxygens (including phenoxy) is 2. The van der Waals surface area contributed by atoms with E-state index in [1.807, 2.05) is 0 Å². The summed E-state index contributed by atoms with van der Waals surface area (Å²) >= 11 is 0. The predicted octanol–water partition coefficient (Wildman–Crippen LogP) is -0.175. The van der Waals surface area contributed by atoms with Crippen LogP contribution in [0.1, 0.15) is 27.7 Å². The fourth-order valence-corrected chi connectivity index (χ4v) is 1.32. The summed E-state index contributed by atoms with van der Waals surface area (Å²) in [6.07, 6.45) is -2.72. The minimum Gasteiger partial charge on any atom is -0.479 e. The summed E-state index contributed by atoms with van der Waals surface area (Å²) < 4.78 is 10.1. The van der Waals surface area contributed by atoms with E-state index in [2.05, 4.69) is 10.6 Å². The molecule has 1 aliphatic heterocycles. The fourth-order valence-electron chi connectivity index (χ4n) is 1.32. The van der Waals surface area contributed by atoms with Gasteiger partial charge in [-0.05, 0) is 27.7 Å². The Labute approximate surface area is 110 Å². The number of carboxylic acid groups (broad SMARTS) is 1. The van der Waals surface area contributed by atoms with Gasteiger partial charge in [-0.1, -0.05) is 0 Å². The number of nitrogens with one attached hydrogen (secondary N) is 2. The van der Waals surface area contributed by atoms with Gasteiger partial charge in [-0.2, -0.15) is 0 Å². The van der Waals surface area contributed by atoms with Crippen molar-refractivity contribution in [2.24, 2.45) is 0 Å². The number of aliphatic carboxylic acids is 1. The van der Waals surface area contributed by atoms with Crippen LogP contribution in [0.3, 0.4) is 0 Å². The number of alkyl carbamates (subject to hydrolysis) is 1. The third-order valence-corrected chi connectivity index (χ3v) is 2.24. The van der Waals surface area contributed by atoms with E-state index in [4.69, 9.17) is 14.6 Å². The summed E-state index contributed by atoms with van der Waals surface area (Å²) in [7, 11) is 0. The maximum absolute atomic E-state index is 11.5. The van der Waals surface area contributed by atoms with E-state index in [1.54, 1.807) is 20.8 Å². The lowest BCUT2D eigenvalue weighted by atomic mass is 10.1. The van der Waals surface area contributed by atoms with Crippen LogP contribution >= 0.6 is 0 Å². The zero-order valence-electron chi connectivity index (χ0n) is 11.2. The molecule has 1 heterocycles. The molecular weight excluding hydrogens is 256 g/mol. The quantitative estimate of drug-likeness (QED) is 0.613. The lowest BCUT2D eigenvalue weighted by Crippen LogP contribution is -2.70. The molecule has 1 saturated heterocycles. The molecule has 0 radical (unpaired) electrons. The Morgan fingerprint density at radius 1 is 1.42 bits per heavy atom. The smallest absolute Gasteiger partial charge is 0.408 e. The molecule has 2 amide bonds. The molecule has 3 atom stereocenters. The molecule has 1 fully saturated rings. The van der Waals surface area contributed by atoms with E-state index in [1.165, 1.54) is 6.92 Å². The van der Waals surface area contributed by atoms with Crippen molar-refractivity contribution in [3.8, 4) is 0 Å². The molecule has 0 bridgehead atoms. The van der Waals surface area contributed by atoms with Gasteiger partial charge >= 0.3 is 12.1 Å². The number of rotatable bonds is 4. The van der Waals surface area contributed by atoms with Crippen LogP contribution in [0, 0.1) is 0 Å². The topological polar surface area (TPSA) is 114 Å². The Morgan fingerprint density at radius 2 is 2.00 bits per heavy atom. The molecule has 0 saturated carbocycles. The summed E-state index contributed by atoms with van der Waals surface area (Å²) in [4.78, 5) is 33.4. The maximum Gasteiger partial charge on any atom is 0.408 e. The van der Waals surface area contributed by atoms with Crippen molar-refractivity contribution in [2.75, 3.05) is 0 Å². The van der Waals surface area contributed by atoms with Gasteiger partial charge in [0, 0.05) is 0 Å². The Bertz CT molecular complexity index is 389. The van der Waals surface area contributed by atoms with Gasteiger partial charge in [-0.25, -0.2) is 9.59 Å². The Hall–Kier alpha value is -1.83. The predicted molar refractivity (Wildman–Crippen MR) is 63.3 cm³/mol. The standard InChI is InChI=1S/C11H18N2O6/c1-5(9(15)16)18-8-6(7(14)13-8)12-10(17)19-11(2,3)4/h5-6,8H,1-4H3,(H,12,17)(H,13,14)(H,15,16)/t5?,6-,8?/m1/s1. The number of hydrogen-bond donors (Lipinski definition) is 3. The number of amides is 2. The Kier molecular flexibility index (Phi) is 4.35. The number of carbonyl (C=O) groups is 3. The Balaban J connectivity index is 2.50. The van der Waals surface area contributed by atoms with Crippen molar-refractivity contribution in [2.45, 2.75) is 51.7 Å². The van der Waals surface area contributed by atoms with Gasteiger partial charge in [0.25, 0.3) is 0 Å². The van der Waals surface area contributed by atoms with Crippen LogP contribution < -0.4 is 10.6 Å². The van der Waals surface area contributed by atoms with Gasteiger partial charge in [-0.3, -0.25) is 4.79 Å². The molecule has 0 aliphatic carbocycles. The Morgan fingerprint density at radius 3 is 2.42 bits per heavy atom. The molecule has 0 aromatic rings. The molecule has 1 aliphatic rings. The van der Waals surface area contributed by atoms with Crippen molar-refractivity contribution >= 4 is 18.0 Å². The normalized spacial score (nSPS) is 23.9. The van der Waals surface area contributed by atoms with Crippen molar-refractivity contribution < 1.29 is 29.0 Å². The summed E-state index contributed by atoms with van der Waals surface area (Å²) in [6, 6.07) is -0.948. The average molecular weight is 274 g/mol. The second kappa shape index (κ2) is 5.43. The van der Waals surface area contributed by atoms with Crippen LogP contribution in [-0.4, -0.2) is 47.1 Å². The lowest BCUT2D eigenvalue weighted by molar-refractivity contribution is -0.168. The van der Waals surface area contributed by atoms with Crippen LogP contribution in [0.5, 0.6) is 0 Å². The molecule has 3 N–H and O–H groups in total. The molecular formula is C11H18N2O6. The summed E-state index contributed by atoms with van der Waals surface area (Å²) in [5.41, 5.74) is -0.685. The molecule has 19 heavy (non-hydrogen) atoms. The monoisotopic (exact) mass is 274 g/mol. The first-order valence-electron chi connectivity index (χ1n) is 5.78. The highest BCUT2D eigenvalue weighted by Crippen LogP contribution is 2.13. The van der Waals surface area contributed by atoms with E-state index in [0.717, 1.165) is 0 Å². The van der Waals surface area contributed by atoms with Gasteiger partial charge in [0.1, 0.15) is 5.60 Å². The van der Waals surface area contributed by atoms with Gasteiger partial charge in [-0.15, -0.1) is 0 Å². The van der Waals surface area contributed by atoms with E-state index in [0.29, 0.717) is 0 Å². The minimum absolute atomic E-state index is 0.451. The van der Waals surface area contributed by atoms with E-state index < -0.39 is 41.9 Å². The second-order valence-corrected chi connectivity index (χ2v) is 5.17. The molecule has 8 nitrogen and oxygen atoms in total. The number of hydrogen-bond acceptors (Lipinski definition) is 5. The summed E-state index contributed by atoms with van der Waals surface area (Å²) in [6.45, 7) is 6.40. The fraction of sp³-hybridized carbons (Fsp3) is 0.727. The van der Waals surface area contributed by atoms with E-state index >= 15 is 0 Å². The maximum atomic E-state index is 11.5. The van der Waals surface area contributed by atoms with Crippen LogP contribution in [0.15, 0.2) is 0 Å². The number of carbonyl (C=O) groups excluding carboxylic acids is 2. The highest BCUT2D eigenvalue weighted by atomic mass is 16.6. The first kappa shape index (κ1) is 15.2. The first-order chi connectivity index (χ1) is 8.60. The van der Waals surface area contributed by atoms with E-state index in [9.17, 15) is 14.4 Å². The first-order valence-corrected chi connectivity index (χ1v) is 5.78. The largest absolute Gasteiger partial charge is 0.479 e. The average Bonchev–Trinajstić information content (AvgIpc) is 2.23. The zero-order valence-corrected chi connectivity index (χ0v) is 11.2.